The van der Waals surface area contributed by atoms with Gasteiger partial charge in [0, 0.05) is 6.54 Å². The van der Waals surface area contributed by atoms with Gasteiger partial charge in [0.1, 0.15) is 11.8 Å². The van der Waals surface area contributed by atoms with Crippen LogP contribution in [0.15, 0.2) is 53.4 Å². The SMILES string of the molecule is CCOc1ccccc1NC(=O)[C@@H]1CCCCN1S(=O)(=O)c1ccc(C)cc1. The Balaban J connectivity index is 1.85. The number of piperidine rings is 1. The summed E-state index contributed by atoms with van der Waals surface area (Å²) in [5.41, 5.74) is 1.53. The van der Waals surface area contributed by atoms with Crippen molar-refractivity contribution in [1.82, 2.24) is 4.31 Å². The molecule has 150 valence electrons. The minimum atomic E-state index is -3.74. The van der Waals surface area contributed by atoms with Crippen LogP contribution in [0.5, 0.6) is 5.75 Å². The molecule has 2 aromatic rings. The van der Waals surface area contributed by atoms with Crippen molar-refractivity contribution in [2.45, 2.75) is 44.0 Å². The second-order valence-corrected chi connectivity index (χ2v) is 8.75. The summed E-state index contributed by atoms with van der Waals surface area (Å²) in [6, 6.07) is 13.2. The summed E-state index contributed by atoms with van der Waals surface area (Å²) in [5, 5.41) is 2.86. The lowest BCUT2D eigenvalue weighted by molar-refractivity contribution is -0.120. The quantitative estimate of drug-likeness (QED) is 0.801. The van der Waals surface area contributed by atoms with Gasteiger partial charge < -0.3 is 10.1 Å². The number of carbonyl (C=O) groups is 1. The molecule has 1 N–H and O–H groups in total. The normalized spacial score (nSPS) is 17.9. The fourth-order valence-corrected chi connectivity index (χ4v) is 5.02. The number of benzene rings is 2. The summed E-state index contributed by atoms with van der Waals surface area (Å²) in [6.07, 6.45) is 2.04. The van der Waals surface area contributed by atoms with Gasteiger partial charge in [-0.05, 0) is 51.0 Å². The summed E-state index contributed by atoms with van der Waals surface area (Å²) in [7, 11) is -3.74. The lowest BCUT2D eigenvalue weighted by Crippen LogP contribution is -2.49. The number of ether oxygens (including phenoxy) is 1. The first-order valence-electron chi connectivity index (χ1n) is 9.54. The molecule has 2 aromatic carbocycles. The molecule has 1 aliphatic heterocycles. The highest BCUT2D eigenvalue weighted by Crippen LogP contribution is 2.28. The van der Waals surface area contributed by atoms with Gasteiger partial charge in [-0.25, -0.2) is 8.42 Å². The Kier molecular flexibility index (Phi) is 6.36. The molecule has 1 aliphatic rings. The number of anilines is 1. The van der Waals surface area contributed by atoms with Crippen molar-refractivity contribution < 1.29 is 17.9 Å². The first kappa shape index (κ1) is 20.4. The first-order chi connectivity index (χ1) is 13.4. The third-order valence-corrected chi connectivity index (χ3v) is 6.75. The number of sulfonamides is 1. The highest BCUT2D eigenvalue weighted by Gasteiger charge is 2.37. The van der Waals surface area contributed by atoms with Crippen molar-refractivity contribution >= 4 is 21.6 Å². The molecule has 0 radical (unpaired) electrons. The van der Waals surface area contributed by atoms with E-state index in [4.69, 9.17) is 4.74 Å². The largest absolute Gasteiger partial charge is 0.492 e. The molecule has 0 unspecified atom stereocenters. The van der Waals surface area contributed by atoms with Gasteiger partial charge >= 0.3 is 0 Å². The van der Waals surface area contributed by atoms with E-state index in [9.17, 15) is 13.2 Å². The minimum Gasteiger partial charge on any atom is -0.492 e. The molecule has 1 amide bonds. The Hall–Kier alpha value is -2.38. The smallest absolute Gasteiger partial charge is 0.243 e. The minimum absolute atomic E-state index is 0.215. The Bertz CT molecular complexity index is 926. The van der Waals surface area contributed by atoms with Crippen LogP contribution in [0.3, 0.4) is 0 Å². The number of para-hydroxylation sites is 2. The lowest BCUT2D eigenvalue weighted by atomic mass is 10.0. The van der Waals surface area contributed by atoms with Gasteiger partial charge in [0.25, 0.3) is 0 Å². The Morgan fingerprint density at radius 2 is 1.86 bits per heavy atom. The second kappa shape index (κ2) is 8.75. The molecule has 7 heteroatoms. The predicted molar refractivity (Wildman–Crippen MR) is 109 cm³/mol. The van der Waals surface area contributed by atoms with Crippen molar-refractivity contribution in [3.63, 3.8) is 0 Å². The summed E-state index contributed by atoms with van der Waals surface area (Å²) in [6.45, 7) is 4.59. The molecule has 6 nitrogen and oxygen atoms in total. The van der Waals surface area contributed by atoms with Crippen LogP contribution in [0.4, 0.5) is 5.69 Å². The molecule has 0 saturated carbocycles. The number of hydrogen-bond acceptors (Lipinski definition) is 4. The molecular weight excluding hydrogens is 376 g/mol. The Labute approximate surface area is 166 Å². The van der Waals surface area contributed by atoms with Crippen molar-refractivity contribution in [2.24, 2.45) is 0 Å². The van der Waals surface area contributed by atoms with Crippen molar-refractivity contribution in [3.8, 4) is 5.75 Å². The maximum absolute atomic E-state index is 13.2. The van der Waals surface area contributed by atoms with Gasteiger partial charge in [0.2, 0.25) is 15.9 Å². The third-order valence-electron chi connectivity index (χ3n) is 4.83. The van der Waals surface area contributed by atoms with Crippen molar-refractivity contribution in [2.75, 3.05) is 18.5 Å². The van der Waals surface area contributed by atoms with Crippen LogP contribution in [-0.4, -0.2) is 37.8 Å². The maximum Gasteiger partial charge on any atom is 0.243 e. The zero-order chi connectivity index (χ0) is 20.1. The van der Waals surface area contributed by atoms with E-state index >= 15 is 0 Å². The van der Waals surface area contributed by atoms with E-state index in [1.165, 1.54) is 4.31 Å². The van der Waals surface area contributed by atoms with Crippen LogP contribution >= 0.6 is 0 Å². The van der Waals surface area contributed by atoms with Gasteiger partial charge in [-0.3, -0.25) is 4.79 Å². The number of hydrogen-bond donors (Lipinski definition) is 1. The van der Waals surface area contributed by atoms with Crippen molar-refractivity contribution in [1.29, 1.82) is 0 Å². The summed E-state index contributed by atoms with van der Waals surface area (Å²) in [5.74, 6) is 0.240. The van der Waals surface area contributed by atoms with E-state index < -0.39 is 16.1 Å². The Morgan fingerprint density at radius 3 is 2.57 bits per heavy atom. The molecule has 0 aromatic heterocycles. The number of aryl methyl sites for hydroxylation is 1. The van der Waals surface area contributed by atoms with E-state index in [1.807, 2.05) is 19.9 Å². The van der Waals surface area contributed by atoms with Gasteiger partial charge in [0.15, 0.2) is 0 Å². The molecule has 1 heterocycles. The van der Waals surface area contributed by atoms with Crippen LogP contribution in [0, 0.1) is 6.92 Å². The van der Waals surface area contributed by atoms with E-state index in [0.717, 1.165) is 18.4 Å². The topological polar surface area (TPSA) is 75.7 Å². The molecular formula is C21H26N2O4S. The van der Waals surface area contributed by atoms with Gasteiger partial charge in [-0.1, -0.05) is 36.2 Å². The zero-order valence-electron chi connectivity index (χ0n) is 16.2. The molecule has 1 saturated heterocycles. The van der Waals surface area contributed by atoms with Crippen molar-refractivity contribution in [3.05, 3.63) is 54.1 Å². The van der Waals surface area contributed by atoms with Crippen LogP contribution in [-0.2, 0) is 14.8 Å². The summed E-state index contributed by atoms with van der Waals surface area (Å²) in [4.78, 5) is 13.2. The number of amides is 1. The summed E-state index contributed by atoms with van der Waals surface area (Å²) < 4.78 is 33.2. The third kappa shape index (κ3) is 4.36. The molecule has 0 bridgehead atoms. The van der Waals surface area contributed by atoms with Gasteiger partial charge in [-0.15, -0.1) is 0 Å². The molecule has 28 heavy (non-hydrogen) atoms. The van der Waals surface area contributed by atoms with Crippen LogP contribution in [0.2, 0.25) is 0 Å². The van der Waals surface area contributed by atoms with Gasteiger partial charge in [0.05, 0.1) is 17.2 Å². The van der Waals surface area contributed by atoms with Crippen LogP contribution in [0.1, 0.15) is 31.7 Å². The number of carbonyl (C=O) groups excluding carboxylic acids is 1. The van der Waals surface area contributed by atoms with E-state index in [2.05, 4.69) is 5.32 Å². The fraction of sp³-hybridized carbons (Fsp3) is 0.381. The number of nitrogens with zero attached hydrogens (tertiary/aromatic N) is 1. The maximum atomic E-state index is 13.2. The highest BCUT2D eigenvalue weighted by atomic mass is 32.2. The molecule has 0 aliphatic carbocycles. The summed E-state index contributed by atoms with van der Waals surface area (Å²) >= 11 is 0. The predicted octanol–water partition coefficient (Wildman–Crippen LogP) is 3.58. The first-order valence-corrected chi connectivity index (χ1v) is 11.0. The standard InChI is InChI=1S/C21H26N2O4S/c1-3-27-20-10-5-4-8-18(20)22-21(24)19-9-6-7-15-23(19)28(25,26)17-13-11-16(2)12-14-17/h4-5,8,10-14,19H,3,6-7,9,15H2,1-2H3,(H,22,24)/t19-/m0/s1. The van der Waals surface area contributed by atoms with E-state index in [0.29, 0.717) is 31.0 Å². The molecule has 1 fully saturated rings. The number of nitrogens with one attached hydrogen (secondary N) is 1. The average molecular weight is 403 g/mol. The lowest BCUT2D eigenvalue weighted by Gasteiger charge is -2.33. The van der Waals surface area contributed by atoms with Gasteiger partial charge in [-0.2, -0.15) is 4.31 Å². The van der Waals surface area contributed by atoms with Crippen LogP contribution < -0.4 is 10.1 Å². The van der Waals surface area contributed by atoms with Crippen LogP contribution in [0.25, 0.3) is 0 Å². The number of rotatable bonds is 6. The monoisotopic (exact) mass is 402 g/mol. The zero-order valence-corrected chi connectivity index (χ0v) is 17.0. The molecule has 1 atom stereocenters. The van der Waals surface area contributed by atoms with E-state index in [1.54, 1.807) is 42.5 Å². The average Bonchev–Trinajstić information content (AvgIpc) is 2.70. The highest BCUT2D eigenvalue weighted by molar-refractivity contribution is 7.89. The fourth-order valence-electron chi connectivity index (χ4n) is 3.37. The van der Waals surface area contributed by atoms with E-state index in [-0.39, 0.29) is 10.8 Å². The molecule has 0 spiro atoms. The second-order valence-electron chi connectivity index (χ2n) is 6.86. The molecule has 3 rings (SSSR count). The Morgan fingerprint density at radius 1 is 1.14 bits per heavy atom.